The minimum atomic E-state index is -0.450. The van der Waals surface area contributed by atoms with Gasteiger partial charge >= 0.3 is 0 Å². The number of aliphatic imine (C=N–C) groups is 1. The number of nitriles is 1. The van der Waals surface area contributed by atoms with Crippen LogP contribution in [0.5, 0.6) is 5.88 Å². The number of hydrogen-bond donors (Lipinski definition) is 1. The van der Waals surface area contributed by atoms with Crippen LogP contribution in [0.25, 0.3) is 0 Å². The third kappa shape index (κ3) is 3.80. The second-order valence-corrected chi connectivity index (χ2v) is 6.19. The van der Waals surface area contributed by atoms with Gasteiger partial charge in [0.1, 0.15) is 11.6 Å². The number of aromatic hydroxyl groups is 1. The third-order valence-corrected chi connectivity index (χ3v) is 4.41. The lowest BCUT2D eigenvalue weighted by atomic mass is 10.1. The molecular weight excluding hydrogens is 314 g/mol. The summed E-state index contributed by atoms with van der Waals surface area (Å²) in [5.74, 6) is -0.137. The van der Waals surface area contributed by atoms with Gasteiger partial charge in [-0.25, -0.2) is 0 Å². The molecule has 0 bridgehead atoms. The van der Waals surface area contributed by atoms with Crippen LogP contribution in [0.2, 0.25) is 0 Å². The molecule has 5 nitrogen and oxygen atoms in total. The third-order valence-electron chi connectivity index (χ3n) is 4.41. The molecular formula is C20H23N3O2. The zero-order chi connectivity index (χ0) is 18.6. The Bertz CT molecular complexity index is 918. The second-order valence-electron chi connectivity index (χ2n) is 6.19. The van der Waals surface area contributed by atoms with Crippen molar-refractivity contribution in [2.24, 2.45) is 4.99 Å². The maximum absolute atomic E-state index is 12.4. The zero-order valence-corrected chi connectivity index (χ0v) is 15.1. The largest absolute Gasteiger partial charge is 0.494 e. The molecule has 1 aromatic carbocycles. The fourth-order valence-corrected chi connectivity index (χ4v) is 2.59. The lowest BCUT2D eigenvalue weighted by molar-refractivity contribution is 0.400. The molecule has 0 radical (unpaired) electrons. The van der Waals surface area contributed by atoms with E-state index in [1.54, 1.807) is 6.92 Å². The first kappa shape index (κ1) is 18.5. The zero-order valence-electron chi connectivity index (χ0n) is 15.1. The van der Waals surface area contributed by atoms with Crippen molar-refractivity contribution in [2.75, 3.05) is 0 Å². The van der Waals surface area contributed by atoms with E-state index < -0.39 is 5.56 Å². The summed E-state index contributed by atoms with van der Waals surface area (Å²) < 4.78 is 1.26. The minimum Gasteiger partial charge on any atom is -0.494 e. The van der Waals surface area contributed by atoms with E-state index in [1.165, 1.54) is 16.3 Å². The molecule has 1 aromatic heterocycles. The van der Waals surface area contributed by atoms with Crippen molar-refractivity contribution in [2.45, 2.75) is 47.1 Å². The van der Waals surface area contributed by atoms with Crippen LogP contribution in [0.4, 0.5) is 5.69 Å². The Labute approximate surface area is 147 Å². The standard InChI is InChI=1S/C20H23N3O2/c1-5-6-9-23-19(24)17(11-21)15(4)18(20(23)25)12-22-16-8-7-13(2)14(3)10-16/h7-8,10,12,25H,5-6,9H2,1-4H3. The van der Waals surface area contributed by atoms with Crippen molar-refractivity contribution in [3.8, 4) is 11.9 Å². The van der Waals surface area contributed by atoms with Gasteiger partial charge in [-0.1, -0.05) is 19.4 Å². The van der Waals surface area contributed by atoms with Crippen LogP contribution in [-0.4, -0.2) is 15.9 Å². The Morgan fingerprint density at radius 3 is 2.60 bits per heavy atom. The summed E-state index contributed by atoms with van der Waals surface area (Å²) in [6.45, 7) is 8.08. The molecule has 2 aromatic rings. The number of pyridine rings is 1. The predicted octanol–water partition coefficient (Wildman–Crippen LogP) is 3.90. The number of benzene rings is 1. The Morgan fingerprint density at radius 2 is 2.00 bits per heavy atom. The molecule has 1 N–H and O–H groups in total. The molecule has 0 amide bonds. The van der Waals surface area contributed by atoms with Crippen LogP contribution in [0, 0.1) is 32.1 Å². The van der Waals surface area contributed by atoms with Gasteiger partial charge in [0.05, 0.1) is 11.3 Å². The first-order valence-corrected chi connectivity index (χ1v) is 8.38. The molecule has 0 aliphatic carbocycles. The Morgan fingerprint density at radius 1 is 1.28 bits per heavy atom. The number of unbranched alkanes of at least 4 members (excludes halogenated alkanes) is 1. The first-order chi connectivity index (χ1) is 11.9. The van der Waals surface area contributed by atoms with Crippen LogP contribution >= 0.6 is 0 Å². The van der Waals surface area contributed by atoms with Gasteiger partial charge in [0.25, 0.3) is 5.56 Å². The predicted molar refractivity (Wildman–Crippen MR) is 99.9 cm³/mol. The second kappa shape index (κ2) is 7.80. The van der Waals surface area contributed by atoms with E-state index in [2.05, 4.69) is 4.99 Å². The Hall–Kier alpha value is -2.87. The highest BCUT2D eigenvalue weighted by Gasteiger charge is 2.17. The molecule has 0 aliphatic heterocycles. The fraction of sp³-hybridized carbons (Fsp3) is 0.350. The maximum atomic E-state index is 12.4. The van der Waals surface area contributed by atoms with Gasteiger partial charge in [0, 0.05) is 12.8 Å². The molecule has 130 valence electrons. The SMILES string of the molecule is CCCCn1c(O)c(C=Nc2ccc(C)c(C)c2)c(C)c(C#N)c1=O. The molecule has 2 rings (SSSR count). The van der Waals surface area contributed by atoms with Crippen LogP contribution in [-0.2, 0) is 6.54 Å². The van der Waals surface area contributed by atoms with Crippen LogP contribution < -0.4 is 5.56 Å². The maximum Gasteiger partial charge on any atom is 0.271 e. The highest BCUT2D eigenvalue weighted by atomic mass is 16.3. The van der Waals surface area contributed by atoms with Gasteiger partial charge in [-0.2, -0.15) is 5.26 Å². The number of aryl methyl sites for hydroxylation is 2. The van der Waals surface area contributed by atoms with Gasteiger partial charge < -0.3 is 5.11 Å². The van der Waals surface area contributed by atoms with E-state index in [1.807, 2.05) is 45.0 Å². The molecule has 0 saturated carbocycles. The summed E-state index contributed by atoms with van der Waals surface area (Å²) in [5, 5.41) is 19.9. The summed E-state index contributed by atoms with van der Waals surface area (Å²) in [6.07, 6.45) is 3.15. The quantitative estimate of drug-likeness (QED) is 0.840. The monoisotopic (exact) mass is 337 g/mol. The van der Waals surface area contributed by atoms with Gasteiger partial charge in [0.2, 0.25) is 5.88 Å². The lowest BCUT2D eigenvalue weighted by Gasteiger charge is -2.13. The van der Waals surface area contributed by atoms with E-state index in [-0.39, 0.29) is 11.4 Å². The van der Waals surface area contributed by atoms with Crippen molar-refractivity contribution >= 4 is 11.9 Å². The number of hydrogen-bond acceptors (Lipinski definition) is 4. The van der Waals surface area contributed by atoms with E-state index in [0.717, 1.165) is 24.1 Å². The molecule has 1 heterocycles. The molecule has 5 heteroatoms. The molecule has 0 aliphatic rings. The van der Waals surface area contributed by atoms with E-state index in [0.29, 0.717) is 17.7 Å². The highest BCUT2D eigenvalue weighted by Crippen LogP contribution is 2.22. The molecule has 0 fully saturated rings. The number of aromatic nitrogens is 1. The fourth-order valence-electron chi connectivity index (χ4n) is 2.59. The molecule has 25 heavy (non-hydrogen) atoms. The van der Waals surface area contributed by atoms with E-state index in [4.69, 9.17) is 0 Å². The Kier molecular flexibility index (Phi) is 5.76. The number of rotatable bonds is 5. The molecule has 0 spiro atoms. The summed E-state index contributed by atoms with van der Waals surface area (Å²) in [5.41, 5.74) is 3.52. The van der Waals surface area contributed by atoms with Crippen molar-refractivity contribution < 1.29 is 5.11 Å². The summed E-state index contributed by atoms with van der Waals surface area (Å²) in [6, 6.07) is 7.79. The number of nitrogens with zero attached hydrogens (tertiary/aromatic N) is 3. The normalized spacial score (nSPS) is 11.0. The minimum absolute atomic E-state index is 0.0513. The molecule has 0 saturated heterocycles. The van der Waals surface area contributed by atoms with Gasteiger partial charge in [-0.15, -0.1) is 0 Å². The topological polar surface area (TPSA) is 78.4 Å². The van der Waals surface area contributed by atoms with Crippen molar-refractivity contribution in [3.05, 3.63) is 56.4 Å². The average Bonchev–Trinajstić information content (AvgIpc) is 2.58. The first-order valence-electron chi connectivity index (χ1n) is 8.38. The van der Waals surface area contributed by atoms with E-state index >= 15 is 0 Å². The van der Waals surface area contributed by atoms with E-state index in [9.17, 15) is 15.2 Å². The smallest absolute Gasteiger partial charge is 0.271 e. The van der Waals surface area contributed by atoms with Crippen LogP contribution in [0.3, 0.4) is 0 Å². The molecule has 0 atom stereocenters. The molecule has 0 unspecified atom stereocenters. The van der Waals surface area contributed by atoms with Gasteiger partial charge in [-0.05, 0) is 56.0 Å². The highest BCUT2D eigenvalue weighted by molar-refractivity contribution is 5.87. The average molecular weight is 337 g/mol. The van der Waals surface area contributed by atoms with Crippen molar-refractivity contribution in [1.82, 2.24) is 4.57 Å². The van der Waals surface area contributed by atoms with Crippen LogP contribution in [0.15, 0.2) is 28.0 Å². The van der Waals surface area contributed by atoms with Gasteiger partial charge in [-0.3, -0.25) is 14.4 Å². The van der Waals surface area contributed by atoms with Crippen LogP contribution in [0.1, 0.15) is 47.6 Å². The Balaban J connectivity index is 2.56. The summed E-state index contributed by atoms with van der Waals surface area (Å²) >= 11 is 0. The summed E-state index contributed by atoms with van der Waals surface area (Å²) in [7, 11) is 0. The van der Waals surface area contributed by atoms with Crippen molar-refractivity contribution in [1.29, 1.82) is 5.26 Å². The summed E-state index contributed by atoms with van der Waals surface area (Å²) in [4.78, 5) is 16.8. The lowest BCUT2D eigenvalue weighted by Crippen LogP contribution is -2.25. The van der Waals surface area contributed by atoms with Gasteiger partial charge in [0.15, 0.2) is 0 Å². The van der Waals surface area contributed by atoms with Crippen molar-refractivity contribution in [3.63, 3.8) is 0 Å².